The number of benzene rings is 1. The molecule has 1 aliphatic heterocycles. The Hall–Kier alpha value is -1.82. The molecule has 0 bridgehead atoms. The third-order valence-corrected chi connectivity index (χ3v) is 4.59. The number of hydrogen-bond acceptors (Lipinski definition) is 4. The normalized spacial score (nSPS) is 17.3. The van der Waals surface area contributed by atoms with Gasteiger partial charge in [0.25, 0.3) is 5.91 Å². The van der Waals surface area contributed by atoms with Crippen LogP contribution in [0, 0.1) is 0 Å². The summed E-state index contributed by atoms with van der Waals surface area (Å²) in [4.78, 5) is 18.9. The zero-order valence-corrected chi connectivity index (χ0v) is 17.3. The summed E-state index contributed by atoms with van der Waals surface area (Å²) in [5.74, 6) is 0.622. The van der Waals surface area contributed by atoms with Crippen molar-refractivity contribution in [3.63, 3.8) is 0 Å². The Balaban J connectivity index is 0.00000182. The Kier molecular flexibility index (Phi) is 9.56. The van der Waals surface area contributed by atoms with Gasteiger partial charge >= 0.3 is 0 Å². The first-order chi connectivity index (χ1) is 12.2. The van der Waals surface area contributed by atoms with Crippen LogP contribution in [0.1, 0.15) is 31.0 Å². The van der Waals surface area contributed by atoms with E-state index in [1.807, 2.05) is 11.0 Å². The number of nitrogens with zero attached hydrogens (tertiary/aromatic N) is 2. The van der Waals surface area contributed by atoms with Crippen LogP contribution in [0.3, 0.4) is 0 Å². The number of pyridine rings is 1. The predicted molar refractivity (Wildman–Crippen MR) is 112 cm³/mol. The minimum atomic E-state index is -0.542. The first kappa shape index (κ1) is 23.2. The molecule has 1 fully saturated rings. The predicted octanol–water partition coefficient (Wildman–Crippen LogP) is 3.43. The van der Waals surface area contributed by atoms with E-state index in [4.69, 9.17) is 4.74 Å². The monoisotopic (exact) mass is 411 g/mol. The van der Waals surface area contributed by atoms with Crippen LogP contribution in [0.5, 0.6) is 5.75 Å². The van der Waals surface area contributed by atoms with Gasteiger partial charge in [-0.15, -0.1) is 24.8 Å². The maximum Gasteiger partial charge on any atom is 0.263 e. The highest BCUT2D eigenvalue weighted by Crippen LogP contribution is 2.24. The molecule has 7 heteroatoms. The summed E-state index contributed by atoms with van der Waals surface area (Å²) in [5.41, 5.74) is 2.46. The average Bonchev–Trinajstić information content (AvgIpc) is 2.68. The van der Waals surface area contributed by atoms with Gasteiger partial charge in [0, 0.05) is 25.8 Å². The summed E-state index contributed by atoms with van der Waals surface area (Å²) in [6, 6.07) is 12.2. The van der Waals surface area contributed by atoms with Crippen LogP contribution < -0.4 is 10.1 Å². The fourth-order valence-corrected chi connectivity index (χ4v) is 3.15. The SMILES string of the molecule is CCc1ccc(C2CNCCN2C(=O)C(C)Oc2cccnc2)cc1.Cl.Cl. The molecule has 1 aromatic carbocycles. The van der Waals surface area contributed by atoms with Crippen molar-refractivity contribution in [1.29, 1.82) is 0 Å². The van der Waals surface area contributed by atoms with E-state index in [2.05, 4.69) is 41.5 Å². The van der Waals surface area contributed by atoms with Gasteiger partial charge in [-0.3, -0.25) is 9.78 Å². The maximum atomic E-state index is 13.0. The van der Waals surface area contributed by atoms with Gasteiger partial charge < -0.3 is 15.0 Å². The molecule has 0 saturated carbocycles. The number of halogens is 2. The number of hydrogen-bond donors (Lipinski definition) is 1. The zero-order chi connectivity index (χ0) is 17.6. The fraction of sp³-hybridized carbons (Fsp3) is 0.400. The summed E-state index contributed by atoms with van der Waals surface area (Å²) in [7, 11) is 0. The summed E-state index contributed by atoms with van der Waals surface area (Å²) in [5, 5.41) is 3.39. The Morgan fingerprint density at radius 2 is 2.04 bits per heavy atom. The van der Waals surface area contributed by atoms with Gasteiger partial charge in [0.2, 0.25) is 0 Å². The van der Waals surface area contributed by atoms with Crippen molar-refractivity contribution in [3.05, 3.63) is 59.9 Å². The summed E-state index contributed by atoms with van der Waals surface area (Å²) < 4.78 is 5.78. The second kappa shape index (κ2) is 11.1. The second-order valence-corrected chi connectivity index (χ2v) is 6.30. The summed E-state index contributed by atoms with van der Waals surface area (Å²) in [6.07, 6.45) is 3.79. The molecule has 27 heavy (non-hydrogen) atoms. The molecule has 2 unspecified atom stereocenters. The molecular weight excluding hydrogens is 385 g/mol. The quantitative estimate of drug-likeness (QED) is 0.818. The Bertz CT molecular complexity index is 698. The largest absolute Gasteiger partial charge is 0.479 e. The van der Waals surface area contributed by atoms with Gasteiger partial charge in [-0.1, -0.05) is 31.2 Å². The second-order valence-electron chi connectivity index (χ2n) is 6.30. The van der Waals surface area contributed by atoms with Crippen molar-refractivity contribution in [1.82, 2.24) is 15.2 Å². The molecule has 0 radical (unpaired) electrons. The number of rotatable bonds is 5. The lowest BCUT2D eigenvalue weighted by molar-refractivity contribution is -0.141. The molecule has 1 saturated heterocycles. The Labute approximate surface area is 173 Å². The van der Waals surface area contributed by atoms with E-state index in [-0.39, 0.29) is 36.8 Å². The minimum Gasteiger partial charge on any atom is -0.479 e. The van der Waals surface area contributed by atoms with Crippen molar-refractivity contribution < 1.29 is 9.53 Å². The third kappa shape index (κ3) is 5.83. The van der Waals surface area contributed by atoms with Gasteiger partial charge in [-0.05, 0) is 36.6 Å². The van der Waals surface area contributed by atoms with Crippen LogP contribution in [-0.2, 0) is 11.2 Å². The van der Waals surface area contributed by atoms with E-state index in [0.717, 1.165) is 25.1 Å². The number of carbonyl (C=O) groups is 1. The van der Waals surface area contributed by atoms with Crippen LogP contribution in [-0.4, -0.2) is 41.5 Å². The van der Waals surface area contributed by atoms with Gasteiger partial charge in [0.1, 0.15) is 5.75 Å². The molecule has 0 spiro atoms. The van der Waals surface area contributed by atoms with E-state index in [1.54, 1.807) is 25.4 Å². The zero-order valence-electron chi connectivity index (χ0n) is 15.6. The van der Waals surface area contributed by atoms with Gasteiger partial charge in [-0.25, -0.2) is 0 Å². The molecule has 0 aliphatic carbocycles. The van der Waals surface area contributed by atoms with Gasteiger partial charge in [0.15, 0.2) is 6.10 Å². The van der Waals surface area contributed by atoms with Crippen LogP contribution in [0.4, 0.5) is 0 Å². The Morgan fingerprint density at radius 3 is 2.67 bits per heavy atom. The molecule has 2 aromatic rings. The molecule has 148 valence electrons. The highest BCUT2D eigenvalue weighted by Gasteiger charge is 2.31. The minimum absolute atomic E-state index is 0. The number of aromatic nitrogens is 1. The van der Waals surface area contributed by atoms with Crippen molar-refractivity contribution in [2.75, 3.05) is 19.6 Å². The van der Waals surface area contributed by atoms with E-state index in [0.29, 0.717) is 12.3 Å². The first-order valence-electron chi connectivity index (χ1n) is 8.85. The molecule has 3 rings (SSSR count). The highest BCUT2D eigenvalue weighted by molar-refractivity contribution is 5.85. The van der Waals surface area contributed by atoms with Crippen molar-refractivity contribution in [2.45, 2.75) is 32.4 Å². The van der Waals surface area contributed by atoms with Crippen LogP contribution in [0.25, 0.3) is 0 Å². The number of carbonyl (C=O) groups excluding carboxylic acids is 1. The number of amides is 1. The van der Waals surface area contributed by atoms with Gasteiger partial charge in [0.05, 0.1) is 12.2 Å². The number of ether oxygens (including phenoxy) is 1. The lowest BCUT2D eigenvalue weighted by Gasteiger charge is -2.38. The molecule has 5 nitrogen and oxygen atoms in total. The van der Waals surface area contributed by atoms with E-state index < -0.39 is 6.10 Å². The maximum absolute atomic E-state index is 13.0. The summed E-state index contributed by atoms with van der Waals surface area (Å²) >= 11 is 0. The van der Waals surface area contributed by atoms with Crippen molar-refractivity contribution >= 4 is 30.7 Å². The van der Waals surface area contributed by atoms with Crippen LogP contribution in [0.15, 0.2) is 48.8 Å². The molecule has 1 aliphatic rings. The highest BCUT2D eigenvalue weighted by atomic mass is 35.5. The molecular formula is C20H27Cl2N3O2. The van der Waals surface area contributed by atoms with Gasteiger partial charge in [-0.2, -0.15) is 0 Å². The van der Waals surface area contributed by atoms with Crippen LogP contribution in [0.2, 0.25) is 0 Å². The number of nitrogens with one attached hydrogen (secondary N) is 1. The lowest BCUT2D eigenvalue weighted by atomic mass is 10.0. The van der Waals surface area contributed by atoms with E-state index in [1.165, 1.54) is 5.56 Å². The topological polar surface area (TPSA) is 54.5 Å². The molecule has 2 atom stereocenters. The number of aryl methyl sites for hydroxylation is 1. The van der Waals surface area contributed by atoms with E-state index >= 15 is 0 Å². The third-order valence-electron chi connectivity index (χ3n) is 4.59. The van der Waals surface area contributed by atoms with Crippen LogP contribution >= 0.6 is 24.8 Å². The molecule has 1 aromatic heterocycles. The Morgan fingerprint density at radius 1 is 1.30 bits per heavy atom. The standard InChI is InChI=1S/C20H25N3O2.2ClH/c1-3-16-6-8-17(9-7-16)19-14-22-11-12-23(19)20(24)15(2)25-18-5-4-10-21-13-18;;/h4-10,13,15,19,22H,3,11-12,14H2,1-2H3;2*1H. The molecule has 1 amide bonds. The smallest absolute Gasteiger partial charge is 0.263 e. The lowest BCUT2D eigenvalue weighted by Crippen LogP contribution is -2.52. The molecule has 2 heterocycles. The first-order valence-corrected chi connectivity index (χ1v) is 8.85. The average molecular weight is 412 g/mol. The number of piperazine rings is 1. The summed E-state index contributed by atoms with van der Waals surface area (Å²) in [6.45, 7) is 6.19. The van der Waals surface area contributed by atoms with Crippen molar-refractivity contribution in [3.8, 4) is 5.75 Å². The molecule has 1 N–H and O–H groups in total. The fourth-order valence-electron chi connectivity index (χ4n) is 3.15. The van der Waals surface area contributed by atoms with E-state index in [9.17, 15) is 4.79 Å². The van der Waals surface area contributed by atoms with Crippen molar-refractivity contribution in [2.24, 2.45) is 0 Å².